The van der Waals surface area contributed by atoms with Gasteiger partial charge in [0.2, 0.25) is 0 Å². The zero-order valence-corrected chi connectivity index (χ0v) is 42.1. The molecule has 0 unspecified atom stereocenters. The second kappa shape index (κ2) is 40.4. The van der Waals surface area contributed by atoms with Crippen molar-refractivity contribution in [3.05, 3.63) is 99.1 Å². The molecule has 0 heterocycles. The van der Waals surface area contributed by atoms with Crippen molar-refractivity contribution in [2.24, 2.45) is 0 Å². The van der Waals surface area contributed by atoms with Crippen LogP contribution in [0.4, 0.5) is 0 Å². The smallest absolute Gasteiger partial charge is 0.303 e. The van der Waals surface area contributed by atoms with Crippen LogP contribution in [-0.4, -0.2) is 10.7 Å². The molecule has 0 saturated heterocycles. The Balaban J connectivity index is 2.63. The molecule has 2 nitrogen and oxygen atoms in total. The van der Waals surface area contributed by atoms with Gasteiger partial charge >= 0.3 is 5.87 Å². The van der Waals surface area contributed by atoms with E-state index in [1.54, 1.807) is 0 Å². The largest absolute Gasteiger partial charge is 0.348 e. The molecule has 350 valence electrons. The molecule has 0 aliphatic carbocycles. The summed E-state index contributed by atoms with van der Waals surface area (Å²) in [6.45, 7) is 11.3. The van der Waals surface area contributed by atoms with E-state index in [9.17, 15) is 5.53 Å². The molecule has 0 spiro atoms. The first-order valence-corrected chi connectivity index (χ1v) is 26.9. The van der Waals surface area contributed by atoms with Gasteiger partial charge in [-0.1, -0.05) is 230 Å². The second-order valence-electron chi connectivity index (χ2n) is 18.3. The summed E-state index contributed by atoms with van der Waals surface area (Å²) in [6, 6.07) is 13.7. The van der Waals surface area contributed by atoms with Crippen LogP contribution >= 0.6 is 0 Å². The molecule has 64 heavy (non-hydrogen) atoms. The van der Waals surface area contributed by atoms with Crippen LogP contribution in [0.1, 0.15) is 280 Å². The number of unbranched alkanes of at least 4 members (excludes halogenated alkanes) is 27. The number of allylic oxidation sites excluding steroid dienone is 4. The molecule has 0 amide bonds. The van der Waals surface area contributed by atoms with E-state index in [0.29, 0.717) is 0 Å². The molecule has 2 rings (SSSR count). The van der Waals surface area contributed by atoms with Crippen molar-refractivity contribution in [1.82, 2.24) is 0 Å². The van der Waals surface area contributed by atoms with E-state index in [2.05, 4.69) is 136 Å². The molecule has 2 heteroatoms. The molecule has 0 aliphatic heterocycles. The van der Waals surface area contributed by atoms with Crippen LogP contribution in [0.3, 0.4) is 0 Å². The predicted octanol–water partition coefficient (Wildman–Crippen LogP) is 19.6. The summed E-state index contributed by atoms with van der Waals surface area (Å²) in [5.74, 6) is 17.1. The minimum Gasteiger partial charge on any atom is -0.348 e. The third-order valence-corrected chi connectivity index (χ3v) is 12.2. The van der Waals surface area contributed by atoms with Gasteiger partial charge < -0.3 is 5.53 Å². The monoisotopic (exact) mass is 865 g/mol. The topological polar surface area (TPSA) is 36.4 Å². The summed E-state index contributed by atoms with van der Waals surface area (Å²) in [5.41, 5.74) is 18.5. The average Bonchev–Trinajstić information content (AvgIpc) is 3.30. The van der Waals surface area contributed by atoms with E-state index in [4.69, 9.17) is 0 Å². The average molecular weight is 865 g/mol. The van der Waals surface area contributed by atoms with Gasteiger partial charge in [0.15, 0.2) is 0 Å². The zero-order valence-electron chi connectivity index (χ0n) is 42.1. The Morgan fingerprint density at radius 1 is 0.453 bits per heavy atom. The normalized spacial score (nSPS) is 11.4. The van der Waals surface area contributed by atoms with Gasteiger partial charge in [-0.15, -0.1) is 4.79 Å². The van der Waals surface area contributed by atoms with Crippen molar-refractivity contribution >= 4 is 23.6 Å². The van der Waals surface area contributed by atoms with E-state index in [1.165, 1.54) is 165 Å². The highest BCUT2D eigenvalue weighted by Crippen LogP contribution is 2.31. The minimum absolute atomic E-state index is 0.788. The Labute approximate surface area is 396 Å². The highest BCUT2D eigenvalue weighted by molar-refractivity contribution is 5.86. The van der Waals surface area contributed by atoms with Crippen molar-refractivity contribution in [2.45, 2.75) is 247 Å². The standard InChI is InChI=1S/C62H92N2/c1-6-11-16-20-24-26-28-32-36-40-45-57-48-58(46-41-37-33-29-27-25-21-17-12-7-2)52-61(51-57)62(53-59(54-64-63)42-15-10-5)60-49-55(43-38-34-30-22-18-13-8-3)47-56(50-60)44-39-35-31-23-19-14-9-4/h40-41,45-53H,6-37,42H2,1-5H3. The highest BCUT2D eigenvalue weighted by Gasteiger charge is 2.12. The van der Waals surface area contributed by atoms with E-state index >= 15 is 0 Å². The fourth-order valence-electron chi connectivity index (χ4n) is 8.25. The summed E-state index contributed by atoms with van der Waals surface area (Å²) >= 11 is 0. The Kier molecular flexibility index (Phi) is 35.4. The van der Waals surface area contributed by atoms with Gasteiger partial charge in [0, 0.05) is 24.0 Å². The molecule has 0 N–H and O–H groups in total. The lowest BCUT2D eigenvalue weighted by molar-refractivity contribution is 0.00746. The van der Waals surface area contributed by atoms with Gasteiger partial charge in [0.25, 0.3) is 0 Å². The van der Waals surface area contributed by atoms with Gasteiger partial charge in [0.05, 0.1) is 5.57 Å². The summed E-state index contributed by atoms with van der Waals surface area (Å²) in [4.78, 5) is 3.43. The quantitative estimate of drug-likeness (QED) is 0.0163. The first-order chi connectivity index (χ1) is 31.6. The summed E-state index contributed by atoms with van der Waals surface area (Å²) < 4.78 is 0. The molecule has 0 atom stereocenters. The second-order valence-corrected chi connectivity index (χ2v) is 18.3. The maximum Gasteiger partial charge on any atom is 0.303 e. The fraction of sp³-hybridized carbons (Fsp3) is 0.613. The van der Waals surface area contributed by atoms with Gasteiger partial charge in [0.1, 0.15) is 0 Å². The first-order valence-electron chi connectivity index (χ1n) is 26.9. The Morgan fingerprint density at radius 2 is 0.844 bits per heavy atom. The van der Waals surface area contributed by atoms with Crippen LogP contribution in [0.5, 0.6) is 0 Å². The maximum absolute atomic E-state index is 9.80. The van der Waals surface area contributed by atoms with E-state index in [1.807, 2.05) is 0 Å². The van der Waals surface area contributed by atoms with Crippen molar-refractivity contribution in [1.29, 1.82) is 0 Å². The van der Waals surface area contributed by atoms with E-state index in [-0.39, 0.29) is 0 Å². The number of rotatable bonds is 36. The molecular formula is C62H92N2. The third-order valence-electron chi connectivity index (χ3n) is 12.2. The van der Waals surface area contributed by atoms with Crippen molar-refractivity contribution in [3.63, 3.8) is 0 Å². The predicted molar refractivity (Wildman–Crippen MR) is 285 cm³/mol. The molecular weight excluding hydrogens is 773 g/mol. The number of hydrogen-bond acceptors (Lipinski definition) is 0. The van der Waals surface area contributed by atoms with Crippen LogP contribution in [-0.2, 0) is 0 Å². The minimum atomic E-state index is 0.788. The molecule has 0 aliphatic rings. The van der Waals surface area contributed by atoms with E-state index < -0.39 is 0 Å². The van der Waals surface area contributed by atoms with Crippen LogP contribution < -0.4 is 0 Å². The Morgan fingerprint density at radius 3 is 1.27 bits per heavy atom. The summed E-state index contributed by atoms with van der Waals surface area (Å²) in [7, 11) is 0. The molecule has 2 aromatic rings. The lowest BCUT2D eigenvalue weighted by Gasteiger charge is -2.13. The van der Waals surface area contributed by atoms with Gasteiger partial charge in [-0.05, 0) is 122 Å². The van der Waals surface area contributed by atoms with Crippen LogP contribution in [0.2, 0.25) is 0 Å². The van der Waals surface area contributed by atoms with E-state index in [0.717, 1.165) is 91.2 Å². The number of benzene rings is 2. The van der Waals surface area contributed by atoms with Gasteiger partial charge in [-0.25, -0.2) is 0 Å². The molecule has 0 radical (unpaired) electrons. The van der Waals surface area contributed by atoms with Crippen molar-refractivity contribution in [2.75, 3.05) is 0 Å². The van der Waals surface area contributed by atoms with Crippen LogP contribution in [0.15, 0.2) is 60.2 Å². The van der Waals surface area contributed by atoms with Crippen molar-refractivity contribution < 1.29 is 4.79 Å². The third kappa shape index (κ3) is 28.7. The number of hydrogen-bond donors (Lipinski definition) is 0. The fourth-order valence-corrected chi connectivity index (χ4v) is 8.25. The summed E-state index contributed by atoms with van der Waals surface area (Å²) in [5, 5.41) is 0. The highest BCUT2D eigenvalue weighted by atomic mass is 14.8. The zero-order chi connectivity index (χ0) is 46.0. The van der Waals surface area contributed by atoms with Gasteiger partial charge in [-0.3, -0.25) is 0 Å². The maximum atomic E-state index is 9.80. The first kappa shape index (κ1) is 56.1. The lowest BCUT2D eigenvalue weighted by atomic mass is 9.90. The Bertz CT molecular complexity index is 1720. The lowest BCUT2D eigenvalue weighted by Crippen LogP contribution is -1.96. The molecule has 0 fully saturated rings. The molecule has 0 aromatic heterocycles. The van der Waals surface area contributed by atoms with Crippen molar-refractivity contribution in [3.8, 4) is 23.7 Å². The Hall–Kier alpha value is -4.06. The number of nitrogens with zero attached hydrogens (tertiary/aromatic N) is 2. The van der Waals surface area contributed by atoms with Crippen LogP contribution in [0.25, 0.3) is 23.3 Å². The van der Waals surface area contributed by atoms with Crippen LogP contribution in [0, 0.1) is 23.7 Å². The SMILES string of the molecule is CCCCCCCC#Cc1cc(C#CCCCCCCC)cc(C(=CC(=C=[N+]=[N-])CCCC)c2cc(C=CCCCCCCCCCC)cc(C=CCCCCCCCCCC)c2)c1. The molecule has 0 bridgehead atoms. The van der Waals surface area contributed by atoms with Gasteiger partial charge in [-0.2, -0.15) is 0 Å². The molecule has 2 aromatic carbocycles. The molecule has 0 saturated carbocycles. The summed E-state index contributed by atoms with van der Waals surface area (Å²) in [6.07, 6.45) is 52.3.